The fourth-order valence-electron chi connectivity index (χ4n) is 2.96. The zero-order valence-corrected chi connectivity index (χ0v) is 19.6. The van der Waals surface area contributed by atoms with E-state index in [9.17, 15) is 20.2 Å². The Morgan fingerprint density at radius 2 is 1.97 bits per heavy atom. The third kappa shape index (κ3) is 5.77. The molecule has 0 N–H and O–H groups in total. The van der Waals surface area contributed by atoms with Crippen LogP contribution in [0.15, 0.2) is 70.7 Å². The molecule has 3 rings (SSSR count). The molecule has 0 saturated heterocycles. The molecule has 0 spiro atoms. The summed E-state index contributed by atoms with van der Waals surface area (Å²) in [5.41, 5.74) is 0.921. The molecule has 0 heterocycles. The second-order valence-electron chi connectivity index (χ2n) is 6.72. The number of methoxy groups -OCH3 is 1. The Morgan fingerprint density at radius 3 is 2.64 bits per heavy atom. The SMILES string of the molecule is COc1cc(C=C(C#N)C(=O)c2cccc([N+](=O)[O-])c2)cc(Br)c1OCc1ccccc1Cl. The molecule has 0 aliphatic heterocycles. The second-order valence-corrected chi connectivity index (χ2v) is 7.98. The van der Waals surface area contributed by atoms with Gasteiger partial charge in [0, 0.05) is 28.3 Å². The average Bonchev–Trinajstić information content (AvgIpc) is 2.82. The van der Waals surface area contributed by atoms with Gasteiger partial charge in [-0.3, -0.25) is 14.9 Å². The molecule has 0 saturated carbocycles. The number of nitrogens with zero attached hydrogens (tertiary/aromatic N) is 2. The number of nitro groups is 1. The first-order valence-corrected chi connectivity index (χ1v) is 10.7. The van der Waals surface area contributed by atoms with Gasteiger partial charge in [-0.05, 0) is 45.8 Å². The molecule has 0 fully saturated rings. The number of nitriles is 1. The highest BCUT2D eigenvalue weighted by Gasteiger charge is 2.17. The van der Waals surface area contributed by atoms with Gasteiger partial charge in [0.2, 0.25) is 5.78 Å². The van der Waals surface area contributed by atoms with Gasteiger partial charge in [0.05, 0.1) is 16.5 Å². The molecule has 0 atom stereocenters. The summed E-state index contributed by atoms with van der Waals surface area (Å²) in [6, 6.07) is 17.7. The van der Waals surface area contributed by atoms with Crippen LogP contribution in [0.3, 0.4) is 0 Å². The van der Waals surface area contributed by atoms with Gasteiger partial charge in [0.1, 0.15) is 18.2 Å². The quantitative estimate of drug-likeness (QED) is 0.111. The third-order valence-corrected chi connectivity index (χ3v) is 5.53. The summed E-state index contributed by atoms with van der Waals surface area (Å²) in [6.07, 6.45) is 1.38. The number of hydrogen-bond acceptors (Lipinski definition) is 6. The molecule has 0 aliphatic carbocycles. The summed E-state index contributed by atoms with van der Waals surface area (Å²) in [7, 11) is 1.47. The second kappa shape index (κ2) is 10.8. The van der Waals surface area contributed by atoms with E-state index in [1.807, 2.05) is 24.3 Å². The molecule has 0 unspecified atom stereocenters. The maximum atomic E-state index is 12.8. The molecule has 33 heavy (non-hydrogen) atoms. The van der Waals surface area contributed by atoms with Crippen LogP contribution < -0.4 is 9.47 Å². The van der Waals surface area contributed by atoms with Crippen LogP contribution in [0, 0.1) is 21.4 Å². The number of hydrogen-bond donors (Lipinski definition) is 0. The van der Waals surface area contributed by atoms with Gasteiger partial charge in [0.25, 0.3) is 5.69 Å². The monoisotopic (exact) mass is 526 g/mol. The van der Waals surface area contributed by atoms with E-state index in [-0.39, 0.29) is 23.4 Å². The van der Waals surface area contributed by atoms with E-state index in [0.717, 1.165) is 11.6 Å². The topological polar surface area (TPSA) is 102 Å². The van der Waals surface area contributed by atoms with Crippen LogP contribution >= 0.6 is 27.5 Å². The summed E-state index contributed by atoms with van der Waals surface area (Å²) in [4.78, 5) is 23.1. The predicted octanol–water partition coefficient (Wildman–Crippen LogP) is 6.39. The number of Topliss-reactive ketones (excluding diaryl/α,β-unsaturated/α-hetero) is 1. The summed E-state index contributed by atoms with van der Waals surface area (Å²) in [6.45, 7) is 0.207. The lowest BCUT2D eigenvalue weighted by atomic mass is 10.0. The lowest BCUT2D eigenvalue weighted by molar-refractivity contribution is -0.384. The van der Waals surface area contributed by atoms with E-state index in [4.69, 9.17) is 21.1 Å². The van der Waals surface area contributed by atoms with Crippen LogP contribution in [0.4, 0.5) is 5.69 Å². The Labute approximate surface area is 203 Å². The van der Waals surface area contributed by atoms with Gasteiger partial charge in [-0.25, -0.2) is 0 Å². The van der Waals surface area contributed by atoms with Crippen molar-refractivity contribution in [2.75, 3.05) is 7.11 Å². The highest BCUT2D eigenvalue weighted by Crippen LogP contribution is 2.38. The molecular formula is C24H16BrClN2O5. The highest BCUT2D eigenvalue weighted by atomic mass is 79.9. The largest absolute Gasteiger partial charge is 0.493 e. The van der Waals surface area contributed by atoms with Crippen molar-refractivity contribution in [3.8, 4) is 17.6 Å². The maximum absolute atomic E-state index is 12.8. The minimum Gasteiger partial charge on any atom is -0.493 e. The molecule has 0 radical (unpaired) electrons. The van der Waals surface area contributed by atoms with Crippen molar-refractivity contribution in [2.24, 2.45) is 0 Å². The summed E-state index contributed by atoms with van der Waals surface area (Å²) < 4.78 is 11.9. The third-order valence-electron chi connectivity index (χ3n) is 4.58. The van der Waals surface area contributed by atoms with Crippen molar-refractivity contribution in [1.82, 2.24) is 0 Å². The van der Waals surface area contributed by atoms with Crippen LogP contribution in [0.5, 0.6) is 11.5 Å². The predicted molar refractivity (Wildman–Crippen MR) is 127 cm³/mol. The Balaban J connectivity index is 1.90. The Hall–Kier alpha value is -3.67. The van der Waals surface area contributed by atoms with Crippen molar-refractivity contribution in [2.45, 2.75) is 6.61 Å². The molecular weight excluding hydrogens is 512 g/mol. The fraction of sp³-hybridized carbons (Fsp3) is 0.0833. The first kappa shape index (κ1) is 24.0. The zero-order chi connectivity index (χ0) is 24.0. The molecule has 7 nitrogen and oxygen atoms in total. The number of halogens is 2. The van der Waals surface area contributed by atoms with E-state index >= 15 is 0 Å². The number of carbonyl (C=O) groups excluding carboxylic acids is 1. The van der Waals surface area contributed by atoms with Crippen molar-refractivity contribution < 1.29 is 19.2 Å². The Morgan fingerprint density at radius 1 is 1.21 bits per heavy atom. The van der Waals surface area contributed by atoms with Gasteiger partial charge in [-0.15, -0.1) is 0 Å². The van der Waals surface area contributed by atoms with E-state index < -0.39 is 10.7 Å². The van der Waals surface area contributed by atoms with E-state index in [1.54, 1.807) is 18.2 Å². The van der Waals surface area contributed by atoms with Crippen LogP contribution in [-0.4, -0.2) is 17.8 Å². The first-order valence-electron chi connectivity index (χ1n) is 9.48. The van der Waals surface area contributed by atoms with E-state index in [1.165, 1.54) is 31.4 Å². The lowest BCUT2D eigenvalue weighted by Crippen LogP contribution is -2.03. The highest BCUT2D eigenvalue weighted by molar-refractivity contribution is 9.10. The molecule has 166 valence electrons. The Bertz CT molecular complexity index is 1300. The number of nitro benzene ring substituents is 1. The van der Waals surface area contributed by atoms with Crippen LogP contribution in [0.25, 0.3) is 6.08 Å². The standard InChI is InChI=1S/C24H16BrClN2O5/c1-32-22-11-15(10-20(25)24(22)33-14-17-5-2-3-8-21(17)26)9-18(13-27)23(29)16-6-4-7-19(12-16)28(30)31/h2-12H,14H2,1H3. The van der Waals surface area contributed by atoms with Gasteiger partial charge in [-0.2, -0.15) is 5.26 Å². The van der Waals surface area contributed by atoms with Crippen molar-refractivity contribution in [3.05, 3.63) is 103 Å². The molecule has 0 aliphatic rings. The molecule has 9 heteroatoms. The summed E-state index contributed by atoms with van der Waals surface area (Å²) in [5.74, 6) is 0.177. The van der Waals surface area contributed by atoms with Crippen LogP contribution in [-0.2, 0) is 6.61 Å². The maximum Gasteiger partial charge on any atom is 0.270 e. The lowest BCUT2D eigenvalue weighted by Gasteiger charge is -2.14. The molecule has 3 aromatic rings. The number of ether oxygens (including phenoxy) is 2. The summed E-state index contributed by atoms with van der Waals surface area (Å²) in [5, 5.41) is 21.1. The molecule has 0 aromatic heterocycles. The van der Waals surface area contributed by atoms with Gasteiger partial charge in [-0.1, -0.05) is 41.9 Å². The number of non-ortho nitro benzene ring substituents is 1. The number of rotatable bonds is 8. The first-order chi connectivity index (χ1) is 15.8. The molecule has 0 amide bonds. The van der Waals surface area contributed by atoms with Gasteiger partial charge < -0.3 is 9.47 Å². The molecule has 0 bridgehead atoms. The zero-order valence-electron chi connectivity index (χ0n) is 17.2. The van der Waals surface area contributed by atoms with Crippen LogP contribution in [0.1, 0.15) is 21.5 Å². The van der Waals surface area contributed by atoms with E-state index in [2.05, 4.69) is 15.9 Å². The van der Waals surface area contributed by atoms with Crippen molar-refractivity contribution in [3.63, 3.8) is 0 Å². The fourth-order valence-corrected chi connectivity index (χ4v) is 3.72. The smallest absolute Gasteiger partial charge is 0.270 e. The minimum atomic E-state index is -0.629. The van der Waals surface area contributed by atoms with Crippen molar-refractivity contribution >= 4 is 45.1 Å². The normalized spacial score (nSPS) is 10.9. The minimum absolute atomic E-state index is 0.0442. The number of allylic oxidation sites excluding steroid dienone is 1. The van der Waals surface area contributed by atoms with Gasteiger partial charge >= 0.3 is 0 Å². The number of carbonyl (C=O) groups is 1. The van der Waals surface area contributed by atoms with Crippen molar-refractivity contribution in [1.29, 1.82) is 5.26 Å². The number of benzene rings is 3. The average molecular weight is 528 g/mol. The summed E-state index contributed by atoms with van der Waals surface area (Å²) >= 11 is 9.62. The van der Waals surface area contributed by atoms with Gasteiger partial charge in [0.15, 0.2) is 11.5 Å². The Kier molecular flexibility index (Phi) is 7.83. The van der Waals surface area contributed by atoms with Crippen LogP contribution in [0.2, 0.25) is 5.02 Å². The van der Waals surface area contributed by atoms with E-state index in [0.29, 0.717) is 26.6 Å². The molecule has 3 aromatic carbocycles. The number of ketones is 1.